The Morgan fingerprint density at radius 3 is 2.19 bits per heavy atom. The highest BCUT2D eigenvalue weighted by molar-refractivity contribution is 6.30. The Balaban J connectivity index is 1.91. The van der Waals surface area contributed by atoms with Gasteiger partial charge in [-0.05, 0) is 79.1 Å². The van der Waals surface area contributed by atoms with Crippen LogP contribution in [0.4, 0.5) is 10.1 Å². The van der Waals surface area contributed by atoms with Gasteiger partial charge in [-0.3, -0.25) is 4.79 Å². The van der Waals surface area contributed by atoms with Crippen molar-refractivity contribution in [3.05, 3.63) is 88.2 Å². The Morgan fingerprint density at radius 2 is 1.58 bits per heavy atom. The highest BCUT2D eigenvalue weighted by Gasteiger charge is 2.36. The normalized spacial score (nSPS) is 15.5. The van der Waals surface area contributed by atoms with E-state index in [1.165, 1.54) is 12.1 Å². The summed E-state index contributed by atoms with van der Waals surface area (Å²) < 4.78 is 25.2. The molecule has 1 aliphatic heterocycles. The maximum Gasteiger partial charge on any atom is 0.232 e. The van der Waals surface area contributed by atoms with E-state index >= 15 is 0 Å². The summed E-state index contributed by atoms with van der Waals surface area (Å²) in [4.78, 5) is 15.0. The lowest BCUT2D eigenvalue weighted by Gasteiger charge is -2.38. The third-order valence-electron chi connectivity index (χ3n) is 5.26. The molecule has 1 heterocycles. The standard InChI is InChI=1S/C25H23ClFNO3/c1-3-30-22-13-17-14-24(29)28(20-11-9-19(27)10-12-20)25(16-5-7-18(26)8-6-16)21(17)15-23(22)31-4-2/h5-13,15,25H,3-4,14H2,1-2H3/t25-/m0/s1. The number of benzene rings is 3. The Morgan fingerprint density at radius 1 is 0.968 bits per heavy atom. The molecule has 0 fully saturated rings. The van der Waals surface area contributed by atoms with E-state index in [9.17, 15) is 9.18 Å². The average Bonchev–Trinajstić information content (AvgIpc) is 2.75. The maximum absolute atomic E-state index is 13.6. The smallest absolute Gasteiger partial charge is 0.232 e. The number of hydrogen-bond acceptors (Lipinski definition) is 3. The van der Waals surface area contributed by atoms with Gasteiger partial charge in [-0.2, -0.15) is 0 Å². The summed E-state index contributed by atoms with van der Waals surface area (Å²) in [6, 6.07) is 16.8. The minimum absolute atomic E-state index is 0.0781. The van der Waals surface area contributed by atoms with Crippen LogP contribution >= 0.6 is 11.6 Å². The van der Waals surface area contributed by atoms with Crippen LogP contribution in [0.3, 0.4) is 0 Å². The predicted octanol–water partition coefficient (Wildman–Crippen LogP) is 5.96. The summed E-state index contributed by atoms with van der Waals surface area (Å²) in [7, 11) is 0. The first-order valence-corrected chi connectivity index (χ1v) is 10.6. The lowest BCUT2D eigenvalue weighted by molar-refractivity contribution is -0.118. The number of fused-ring (bicyclic) bond motifs is 1. The molecule has 1 atom stereocenters. The molecule has 0 bridgehead atoms. The van der Waals surface area contributed by atoms with Gasteiger partial charge in [0.1, 0.15) is 5.82 Å². The number of halogens is 2. The van der Waals surface area contributed by atoms with E-state index in [1.54, 1.807) is 29.2 Å². The van der Waals surface area contributed by atoms with Gasteiger partial charge in [0, 0.05) is 10.7 Å². The zero-order chi connectivity index (χ0) is 22.0. The second kappa shape index (κ2) is 8.98. The highest BCUT2D eigenvalue weighted by atomic mass is 35.5. The second-order valence-corrected chi connectivity index (χ2v) is 7.67. The minimum Gasteiger partial charge on any atom is -0.490 e. The van der Waals surface area contributed by atoms with Gasteiger partial charge >= 0.3 is 0 Å². The molecule has 6 heteroatoms. The summed E-state index contributed by atoms with van der Waals surface area (Å²) in [6.45, 7) is 4.81. The van der Waals surface area contributed by atoms with Crippen LogP contribution in [-0.2, 0) is 11.2 Å². The van der Waals surface area contributed by atoms with Gasteiger partial charge in [-0.25, -0.2) is 4.39 Å². The molecule has 0 saturated carbocycles. The fourth-order valence-corrected chi connectivity index (χ4v) is 4.09. The van der Waals surface area contributed by atoms with Crippen molar-refractivity contribution in [2.24, 2.45) is 0 Å². The minimum atomic E-state index is -0.408. The molecule has 160 valence electrons. The SMILES string of the molecule is CCOc1cc2c(cc1OCC)[C@H](c1ccc(Cl)cc1)N(c1ccc(F)cc1)C(=O)C2. The van der Waals surface area contributed by atoms with E-state index in [-0.39, 0.29) is 18.1 Å². The van der Waals surface area contributed by atoms with Crippen LogP contribution in [0.1, 0.15) is 36.6 Å². The summed E-state index contributed by atoms with van der Waals surface area (Å²) in [5.41, 5.74) is 3.35. The van der Waals surface area contributed by atoms with Gasteiger partial charge in [-0.15, -0.1) is 0 Å². The molecule has 0 spiro atoms. The fourth-order valence-electron chi connectivity index (χ4n) is 3.96. The summed E-state index contributed by atoms with van der Waals surface area (Å²) >= 11 is 6.11. The molecule has 31 heavy (non-hydrogen) atoms. The van der Waals surface area contributed by atoms with E-state index < -0.39 is 6.04 Å². The average molecular weight is 440 g/mol. The highest BCUT2D eigenvalue weighted by Crippen LogP contribution is 2.43. The number of carbonyl (C=O) groups is 1. The Kier molecular flexibility index (Phi) is 6.14. The number of anilines is 1. The molecular formula is C25H23ClFNO3. The van der Waals surface area contributed by atoms with Crippen molar-refractivity contribution < 1.29 is 18.7 Å². The van der Waals surface area contributed by atoms with Crippen molar-refractivity contribution in [3.63, 3.8) is 0 Å². The van der Waals surface area contributed by atoms with Crippen LogP contribution in [0.5, 0.6) is 11.5 Å². The van der Waals surface area contributed by atoms with Crippen molar-refractivity contribution in [1.29, 1.82) is 0 Å². The van der Waals surface area contributed by atoms with Crippen LogP contribution in [0, 0.1) is 5.82 Å². The van der Waals surface area contributed by atoms with Gasteiger partial charge in [0.05, 0.1) is 25.7 Å². The molecule has 0 saturated heterocycles. The lowest BCUT2D eigenvalue weighted by atomic mass is 9.87. The molecule has 1 amide bonds. The second-order valence-electron chi connectivity index (χ2n) is 7.23. The van der Waals surface area contributed by atoms with Crippen molar-refractivity contribution in [1.82, 2.24) is 0 Å². The number of rotatable bonds is 6. The number of ether oxygens (including phenoxy) is 2. The van der Waals surface area contributed by atoms with Crippen LogP contribution in [0.25, 0.3) is 0 Å². The zero-order valence-corrected chi connectivity index (χ0v) is 18.2. The zero-order valence-electron chi connectivity index (χ0n) is 17.4. The number of nitrogens with zero attached hydrogens (tertiary/aromatic N) is 1. The van der Waals surface area contributed by atoms with Crippen molar-refractivity contribution >= 4 is 23.2 Å². The van der Waals surface area contributed by atoms with Crippen molar-refractivity contribution in [2.45, 2.75) is 26.3 Å². The summed E-state index contributed by atoms with van der Waals surface area (Å²) in [6.07, 6.45) is 0.212. The Hall–Kier alpha value is -3.05. The third kappa shape index (κ3) is 4.23. The molecule has 0 aromatic heterocycles. The van der Waals surface area contributed by atoms with E-state index in [0.717, 1.165) is 16.7 Å². The van der Waals surface area contributed by atoms with Gasteiger partial charge in [0.25, 0.3) is 0 Å². The first-order chi connectivity index (χ1) is 15.0. The topological polar surface area (TPSA) is 38.8 Å². The monoisotopic (exact) mass is 439 g/mol. The van der Waals surface area contributed by atoms with E-state index in [2.05, 4.69) is 0 Å². The number of carbonyl (C=O) groups excluding carboxylic acids is 1. The van der Waals surface area contributed by atoms with Crippen molar-refractivity contribution in [3.8, 4) is 11.5 Å². The molecule has 3 aromatic carbocycles. The fraction of sp³-hybridized carbons (Fsp3) is 0.240. The van der Waals surface area contributed by atoms with E-state index in [4.69, 9.17) is 21.1 Å². The first-order valence-electron chi connectivity index (χ1n) is 10.3. The van der Waals surface area contributed by atoms with E-state index in [1.807, 2.05) is 38.1 Å². The van der Waals surface area contributed by atoms with Gasteiger partial charge < -0.3 is 14.4 Å². The quantitative estimate of drug-likeness (QED) is 0.476. The Bertz CT molecular complexity index is 1080. The first kappa shape index (κ1) is 21.2. The largest absolute Gasteiger partial charge is 0.490 e. The number of hydrogen-bond donors (Lipinski definition) is 0. The molecule has 4 nitrogen and oxygen atoms in total. The molecule has 3 aromatic rings. The summed E-state index contributed by atoms with van der Waals surface area (Å²) in [5.74, 6) is 0.832. The van der Waals surface area contributed by atoms with Crippen LogP contribution in [0.15, 0.2) is 60.7 Å². The molecule has 0 radical (unpaired) electrons. The van der Waals surface area contributed by atoms with Gasteiger partial charge in [0.15, 0.2) is 11.5 Å². The van der Waals surface area contributed by atoms with E-state index in [0.29, 0.717) is 35.4 Å². The molecular weight excluding hydrogens is 417 g/mol. The third-order valence-corrected chi connectivity index (χ3v) is 5.51. The van der Waals surface area contributed by atoms with Gasteiger partial charge in [0.2, 0.25) is 5.91 Å². The lowest BCUT2D eigenvalue weighted by Crippen LogP contribution is -2.41. The summed E-state index contributed by atoms with van der Waals surface area (Å²) in [5, 5.41) is 0.612. The van der Waals surface area contributed by atoms with Crippen LogP contribution < -0.4 is 14.4 Å². The predicted molar refractivity (Wildman–Crippen MR) is 120 cm³/mol. The van der Waals surface area contributed by atoms with Gasteiger partial charge in [-0.1, -0.05) is 23.7 Å². The maximum atomic E-state index is 13.6. The molecule has 1 aliphatic rings. The van der Waals surface area contributed by atoms with Crippen molar-refractivity contribution in [2.75, 3.05) is 18.1 Å². The van der Waals surface area contributed by atoms with Crippen LogP contribution in [0.2, 0.25) is 5.02 Å². The number of amides is 1. The molecule has 0 unspecified atom stereocenters. The van der Waals surface area contributed by atoms with Crippen LogP contribution in [-0.4, -0.2) is 19.1 Å². The molecule has 0 aliphatic carbocycles. The molecule has 4 rings (SSSR count). The molecule has 0 N–H and O–H groups in total. The Labute approximate surface area is 186 Å².